The molecule has 2 aliphatic heterocycles. The van der Waals surface area contributed by atoms with E-state index in [4.69, 9.17) is 11.1 Å². The highest BCUT2D eigenvalue weighted by atomic mass is 19.4. The lowest BCUT2D eigenvalue weighted by molar-refractivity contribution is -0.274. The molecule has 32 heavy (non-hydrogen) atoms. The first-order valence-corrected chi connectivity index (χ1v) is 9.10. The zero-order chi connectivity index (χ0) is 23.5. The molecule has 1 aromatic carbocycles. The Bertz CT molecular complexity index is 1100. The lowest BCUT2D eigenvalue weighted by atomic mass is 10.1. The number of amidine groups is 1. The monoisotopic (exact) mass is 448 g/mol. The number of halogens is 3. The molecule has 5 N–H and O–H groups in total. The van der Waals surface area contributed by atoms with Crippen LogP contribution in [0.15, 0.2) is 70.8 Å². The predicted molar refractivity (Wildman–Crippen MR) is 111 cm³/mol. The smallest absolute Gasteiger partial charge is 0.481 e. The molecule has 0 spiro atoms. The first-order valence-electron chi connectivity index (χ1n) is 9.10. The van der Waals surface area contributed by atoms with Crippen molar-refractivity contribution < 1.29 is 27.4 Å². The molecule has 1 amide bonds. The molecular formula is C20H19F3N6O3. The molecule has 0 aromatic heterocycles. The summed E-state index contributed by atoms with van der Waals surface area (Å²) in [5.41, 5.74) is 9.57. The number of aliphatic imine (C=N–C) groups is 1. The van der Waals surface area contributed by atoms with Gasteiger partial charge in [-0.3, -0.25) is 15.6 Å². The molecule has 9 nitrogen and oxygen atoms in total. The van der Waals surface area contributed by atoms with Gasteiger partial charge in [0.05, 0.1) is 12.8 Å². The Balaban J connectivity index is 1.86. The SMILES string of the molecule is COC(=N)/C=C\C(N)=NC(=O)C1=C(C)NC2=CC=C(c3ccccc3OC(F)(F)F)NN21. The van der Waals surface area contributed by atoms with E-state index in [2.05, 4.69) is 25.2 Å². The zero-order valence-corrected chi connectivity index (χ0v) is 16.9. The van der Waals surface area contributed by atoms with Crippen molar-refractivity contribution in [3.05, 3.63) is 71.3 Å². The molecule has 0 saturated carbocycles. The molecule has 12 heteroatoms. The number of methoxy groups -OCH3 is 1. The number of benzene rings is 1. The third-order valence-corrected chi connectivity index (χ3v) is 4.24. The van der Waals surface area contributed by atoms with Crippen LogP contribution in [0.5, 0.6) is 5.75 Å². The normalized spacial score (nSPS) is 16.2. The van der Waals surface area contributed by atoms with Crippen LogP contribution in [-0.4, -0.2) is 36.1 Å². The fraction of sp³-hybridized carbons (Fsp3) is 0.150. The summed E-state index contributed by atoms with van der Waals surface area (Å²) in [6, 6.07) is 5.62. The van der Waals surface area contributed by atoms with Crippen molar-refractivity contribution in [3.63, 3.8) is 0 Å². The van der Waals surface area contributed by atoms with Crippen molar-refractivity contribution in [2.45, 2.75) is 13.3 Å². The summed E-state index contributed by atoms with van der Waals surface area (Å²) < 4.78 is 47.1. The number of hydrogen-bond donors (Lipinski definition) is 4. The standard InChI is InChI=1S/C20H19F3N6O3/c1-11-18(19(30)27-15(24)8-9-16(25)31-2)29-17(26-11)10-7-13(28-29)12-5-3-4-6-14(12)32-20(21,22)23/h3-10,25-26,28H,1-2H3,(H2,24,27,30)/b9-8-,25-16?. The molecule has 0 aliphatic carbocycles. The number of hydrogen-bond acceptors (Lipinski definition) is 7. The Morgan fingerprint density at radius 2 is 1.97 bits per heavy atom. The molecule has 0 saturated heterocycles. The molecule has 2 heterocycles. The van der Waals surface area contributed by atoms with Gasteiger partial charge in [-0.25, -0.2) is 5.01 Å². The van der Waals surface area contributed by atoms with E-state index >= 15 is 0 Å². The summed E-state index contributed by atoms with van der Waals surface area (Å²) in [5, 5.41) is 11.7. The number of fused-ring (bicyclic) bond motifs is 1. The van der Waals surface area contributed by atoms with Crippen LogP contribution in [0, 0.1) is 5.41 Å². The van der Waals surface area contributed by atoms with E-state index in [0.717, 1.165) is 0 Å². The van der Waals surface area contributed by atoms with Gasteiger partial charge in [0.15, 0.2) is 5.70 Å². The van der Waals surface area contributed by atoms with Crippen LogP contribution in [0.1, 0.15) is 12.5 Å². The second-order valence-corrected chi connectivity index (χ2v) is 6.47. The number of nitrogens with one attached hydrogen (secondary N) is 3. The van der Waals surface area contributed by atoms with Gasteiger partial charge in [0.1, 0.15) is 17.4 Å². The lowest BCUT2D eigenvalue weighted by Crippen LogP contribution is -2.38. The van der Waals surface area contributed by atoms with E-state index in [9.17, 15) is 18.0 Å². The molecule has 0 fully saturated rings. The fourth-order valence-corrected chi connectivity index (χ4v) is 2.89. The van der Waals surface area contributed by atoms with Crippen molar-refractivity contribution in [2.75, 3.05) is 7.11 Å². The first kappa shape index (κ1) is 22.5. The number of carbonyl (C=O) groups is 1. The van der Waals surface area contributed by atoms with Crippen LogP contribution >= 0.6 is 0 Å². The third-order valence-electron chi connectivity index (χ3n) is 4.24. The molecule has 168 valence electrons. The first-order chi connectivity index (χ1) is 15.1. The maximum absolute atomic E-state index is 12.8. The summed E-state index contributed by atoms with van der Waals surface area (Å²) in [4.78, 5) is 16.5. The quantitative estimate of drug-likeness (QED) is 0.403. The minimum atomic E-state index is -4.86. The second kappa shape index (κ2) is 8.88. The molecule has 1 aromatic rings. The fourth-order valence-electron chi connectivity index (χ4n) is 2.89. The number of nitrogens with zero attached hydrogens (tertiary/aromatic N) is 2. The van der Waals surface area contributed by atoms with E-state index in [1.165, 1.54) is 42.5 Å². The maximum Gasteiger partial charge on any atom is 0.573 e. The summed E-state index contributed by atoms with van der Waals surface area (Å²) in [6.45, 7) is 1.64. The largest absolute Gasteiger partial charge is 0.573 e. The van der Waals surface area contributed by atoms with Crippen molar-refractivity contribution in [3.8, 4) is 5.75 Å². The van der Waals surface area contributed by atoms with Crippen LogP contribution in [0.3, 0.4) is 0 Å². The van der Waals surface area contributed by atoms with Gasteiger partial charge in [0, 0.05) is 17.3 Å². The summed E-state index contributed by atoms with van der Waals surface area (Å²) >= 11 is 0. The number of carbonyl (C=O) groups excluding carboxylic acids is 1. The van der Waals surface area contributed by atoms with E-state index in [1.54, 1.807) is 25.1 Å². The number of amides is 1. The predicted octanol–water partition coefficient (Wildman–Crippen LogP) is 2.49. The number of alkyl halides is 3. The Kier molecular flexibility index (Phi) is 6.23. The Hall–Kier alpha value is -4.22. The summed E-state index contributed by atoms with van der Waals surface area (Å²) in [5.74, 6) is -0.978. The van der Waals surface area contributed by atoms with Crippen LogP contribution in [0.25, 0.3) is 5.70 Å². The van der Waals surface area contributed by atoms with E-state index in [1.807, 2.05) is 0 Å². The summed E-state index contributed by atoms with van der Waals surface area (Å²) in [6.07, 6.45) is 0.737. The van der Waals surface area contributed by atoms with Gasteiger partial charge in [-0.15, -0.1) is 13.2 Å². The van der Waals surface area contributed by atoms with Gasteiger partial charge in [-0.1, -0.05) is 12.1 Å². The molecular weight excluding hydrogens is 429 g/mol. The number of rotatable bonds is 5. The molecule has 0 bridgehead atoms. The molecule has 3 rings (SSSR count). The highest BCUT2D eigenvalue weighted by molar-refractivity contribution is 6.07. The number of allylic oxidation sites excluding steroid dienone is 3. The Labute approximate surface area is 180 Å². The third kappa shape index (κ3) is 5.09. The van der Waals surface area contributed by atoms with Gasteiger partial charge in [-0.2, -0.15) is 4.99 Å². The van der Waals surface area contributed by atoms with Gasteiger partial charge >= 0.3 is 6.36 Å². The van der Waals surface area contributed by atoms with Gasteiger partial charge in [-0.05, 0) is 37.3 Å². The van der Waals surface area contributed by atoms with E-state index in [0.29, 0.717) is 11.5 Å². The summed E-state index contributed by atoms with van der Waals surface area (Å²) in [7, 11) is 1.31. The molecule has 0 unspecified atom stereocenters. The van der Waals surface area contributed by atoms with Crippen LogP contribution in [0.2, 0.25) is 0 Å². The molecule has 2 aliphatic rings. The topological polar surface area (TPSA) is 125 Å². The van der Waals surface area contributed by atoms with Gasteiger partial charge in [0.2, 0.25) is 5.90 Å². The minimum Gasteiger partial charge on any atom is -0.481 e. The van der Waals surface area contributed by atoms with Gasteiger partial charge in [0.25, 0.3) is 5.91 Å². The molecule has 0 radical (unpaired) electrons. The maximum atomic E-state index is 12.8. The van der Waals surface area contributed by atoms with Crippen LogP contribution in [0.4, 0.5) is 13.2 Å². The number of para-hydroxylation sites is 1. The Morgan fingerprint density at radius 1 is 1.25 bits per heavy atom. The highest BCUT2D eigenvalue weighted by Gasteiger charge is 2.35. The number of hydrazine groups is 1. The van der Waals surface area contributed by atoms with Crippen LogP contribution < -0.4 is 21.2 Å². The zero-order valence-electron chi connectivity index (χ0n) is 16.9. The average molecular weight is 448 g/mol. The Morgan fingerprint density at radius 3 is 2.66 bits per heavy atom. The van der Waals surface area contributed by atoms with Crippen LogP contribution in [-0.2, 0) is 9.53 Å². The van der Waals surface area contributed by atoms with Crippen molar-refractivity contribution in [2.24, 2.45) is 10.7 Å². The number of nitrogens with two attached hydrogens (primary N) is 1. The van der Waals surface area contributed by atoms with Crippen molar-refractivity contribution in [1.82, 2.24) is 15.8 Å². The highest BCUT2D eigenvalue weighted by Crippen LogP contribution is 2.33. The van der Waals surface area contributed by atoms with E-state index in [-0.39, 0.29) is 28.7 Å². The van der Waals surface area contributed by atoms with Crippen molar-refractivity contribution >= 4 is 23.3 Å². The second-order valence-electron chi connectivity index (χ2n) is 6.47. The minimum absolute atomic E-state index is 0.0919. The van der Waals surface area contributed by atoms with Crippen molar-refractivity contribution in [1.29, 1.82) is 5.41 Å². The van der Waals surface area contributed by atoms with E-state index < -0.39 is 18.0 Å². The average Bonchev–Trinajstić information content (AvgIpc) is 3.06. The number of ether oxygens (including phenoxy) is 2. The molecule has 0 atom stereocenters. The lowest BCUT2D eigenvalue weighted by Gasteiger charge is -2.28. The van der Waals surface area contributed by atoms with Gasteiger partial charge < -0.3 is 20.5 Å².